The van der Waals surface area contributed by atoms with Crippen molar-refractivity contribution in [3.8, 4) is 0 Å². The van der Waals surface area contributed by atoms with Crippen LogP contribution in [-0.4, -0.2) is 101 Å². The number of rotatable bonds is 16. The van der Waals surface area contributed by atoms with E-state index in [0.29, 0.717) is 24.8 Å². The van der Waals surface area contributed by atoms with Gasteiger partial charge in [-0.25, -0.2) is 4.98 Å². The van der Waals surface area contributed by atoms with Crippen molar-refractivity contribution in [3.05, 3.63) is 23.2 Å². The molecule has 1 aliphatic heterocycles. The number of fused-ring (bicyclic) bond motifs is 1. The van der Waals surface area contributed by atoms with Crippen LogP contribution in [0.1, 0.15) is 51.5 Å². The van der Waals surface area contributed by atoms with E-state index >= 15 is 0 Å². The minimum atomic E-state index is -4.33. The lowest BCUT2D eigenvalue weighted by atomic mass is 9.95. The maximum absolute atomic E-state index is 12.4. The molecule has 14 nitrogen and oxygen atoms in total. The van der Waals surface area contributed by atoms with E-state index in [-0.39, 0.29) is 18.5 Å². The molecular formula is C27H41ClN3O11P. The monoisotopic (exact) mass is 649 g/mol. The fraction of sp³-hybridized carbons (Fsp3) is 0.741. The second kappa shape index (κ2) is 15.0. The Morgan fingerprint density at radius 3 is 2.65 bits per heavy atom. The van der Waals surface area contributed by atoms with Gasteiger partial charge in [0, 0.05) is 18.7 Å². The topological polar surface area (TPSA) is 181 Å². The average molecular weight is 650 g/mol. The lowest BCUT2D eigenvalue weighted by Crippen LogP contribution is -2.34. The maximum atomic E-state index is 12.4. The molecule has 0 bridgehead atoms. The smallest absolute Gasteiger partial charge is 0.356 e. The summed E-state index contributed by atoms with van der Waals surface area (Å²) in [5, 5.41) is 22.3. The summed E-state index contributed by atoms with van der Waals surface area (Å²) in [4.78, 5) is 31.2. The van der Waals surface area contributed by atoms with Crippen molar-refractivity contribution < 1.29 is 52.7 Å². The van der Waals surface area contributed by atoms with Crippen molar-refractivity contribution in [1.29, 1.82) is 0 Å². The van der Waals surface area contributed by atoms with Crippen molar-refractivity contribution in [2.24, 2.45) is 11.3 Å². The Morgan fingerprint density at radius 1 is 1.19 bits per heavy atom. The van der Waals surface area contributed by atoms with Crippen LogP contribution < -0.4 is 0 Å². The minimum Gasteiger partial charge on any atom is -0.437 e. The first-order valence-electron chi connectivity index (χ1n) is 14.2. The predicted molar refractivity (Wildman–Crippen MR) is 153 cm³/mol. The number of methoxy groups -OCH3 is 1. The van der Waals surface area contributed by atoms with Gasteiger partial charge in [-0.2, -0.15) is 4.98 Å². The van der Waals surface area contributed by atoms with Crippen LogP contribution in [0.5, 0.6) is 0 Å². The second-order valence-electron chi connectivity index (χ2n) is 11.5. The van der Waals surface area contributed by atoms with E-state index in [1.54, 1.807) is 24.6 Å². The van der Waals surface area contributed by atoms with E-state index in [1.807, 2.05) is 6.07 Å². The Bertz CT molecular complexity index is 1270. The summed E-state index contributed by atoms with van der Waals surface area (Å²) in [7, 11) is -2.80. The van der Waals surface area contributed by atoms with Crippen LogP contribution in [0.25, 0.3) is 11.0 Å². The molecule has 0 aromatic carbocycles. The Balaban J connectivity index is 1.27. The van der Waals surface area contributed by atoms with Crippen LogP contribution in [-0.2, 0) is 44.0 Å². The van der Waals surface area contributed by atoms with Crippen molar-refractivity contribution in [2.75, 3.05) is 46.7 Å². The average Bonchev–Trinajstić information content (AvgIpc) is 3.67. The summed E-state index contributed by atoms with van der Waals surface area (Å²) in [5.41, 5.74) is 0.288. The van der Waals surface area contributed by atoms with Crippen molar-refractivity contribution in [1.82, 2.24) is 14.5 Å². The summed E-state index contributed by atoms with van der Waals surface area (Å²) in [6, 6.07) is 1.84. The molecule has 3 heterocycles. The van der Waals surface area contributed by atoms with E-state index in [4.69, 9.17) is 39.8 Å². The number of aliphatic hydroxyl groups is 2. The zero-order valence-electron chi connectivity index (χ0n) is 24.6. The molecule has 2 fully saturated rings. The molecule has 242 valence electrons. The Morgan fingerprint density at radius 2 is 1.93 bits per heavy atom. The van der Waals surface area contributed by atoms with Gasteiger partial charge >= 0.3 is 13.6 Å². The van der Waals surface area contributed by atoms with Crippen molar-refractivity contribution in [2.45, 2.75) is 70.5 Å². The quantitative estimate of drug-likeness (QED) is 0.0795. The standard InChI is InChI=1S/C27H41ClN3O11P/c1-27(2,14-38-11-10-37-3)25(34)40-15-41-43(35,36)16-39-13-20-21(32)22(33)24(42-20)31-9-8-18-19(12-17-6-4-5-7-17)29-26(28)30-23(18)31/h8-9,17,20-22,24,32-33H,4-7,10-16H2,1-3H3,(H,35,36)/t20-,21-,22-,24-/m1/s1. The SMILES string of the molecule is COCCOCC(C)(C)C(=O)OCOP(=O)(O)COC[C@H]1O[C@@H](n2ccc3c(CC4CCCC4)nc(Cl)nc32)[C@H](O)[C@@H]1O. The molecule has 2 aromatic rings. The largest absolute Gasteiger partial charge is 0.437 e. The van der Waals surface area contributed by atoms with Crippen LogP contribution in [0.3, 0.4) is 0 Å². The number of aliphatic hydroxyl groups excluding tert-OH is 2. The summed E-state index contributed by atoms with van der Waals surface area (Å²) in [6.45, 7) is 2.85. The highest BCUT2D eigenvalue weighted by Gasteiger charge is 2.44. The number of halogens is 1. The Kier molecular flexibility index (Phi) is 12.0. The Hall–Kier alpha value is -1.71. The molecule has 3 N–H and O–H groups in total. The van der Waals surface area contributed by atoms with Gasteiger partial charge in [0.05, 0.1) is 37.5 Å². The van der Waals surface area contributed by atoms with Crippen molar-refractivity contribution >= 4 is 36.2 Å². The van der Waals surface area contributed by atoms with Crippen LogP contribution in [0, 0.1) is 11.3 Å². The summed E-state index contributed by atoms with van der Waals surface area (Å²) >= 11 is 6.25. The zero-order valence-corrected chi connectivity index (χ0v) is 26.2. The van der Waals surface area contributed by atoms with Gasteiger partial charge in [0.1, 0.15) is 30.3 Å². The number of carbonyl (C=O) groups excluding carboxylic acids is 1. The number of hydrogen-bond acceptors (Lipinski definition) is 12. The van der Waals surface area contributed by atoms with Gasteiger partial charge in [-0.15, -0.1) is 0 Å². The van der Waals surface area contributed by atoms with Crippen molar-refractivity contribution in [3.63, 3.8) is 0 Å². The third-order valence-corrected chi connectivity index (χ3v) is 8.81. The molecule has 1 saturated heterocycles. The van der Waals surface area contributed by atoms with Gasteiger partial charge in [0.2, 0.25) is 12.1 Å². The first kappa shape index (κ1) is 34.2. The molecule has 0 amide bonds. The number of ether oxygens (including phenoxy) is 5. The van der Waals surface area contributed by atoms with Gasteiger partial charge in [-0.3, -0.25) is 13.9 Å². The molecule has 1 unspecified atom stereocenters. The number of esters is 1. The van der Waals surface area contributed by atoms with E-state index in [2.05, 4.69) is 9.97 Å². The van der Waals surface area contributed by atoms with Crippen LogP contribution in [0.15, 0.2) is 12.3 Å². The second-order valence-corrected chi connectivity index (χ2v) is 13.7. The molecule has 0 spiro atoms. The lowest BCUT2D eigenvalue weighted by Gasteiger charge is -2.22. The minimum absolute atomic E-state index is 0.0616. The first-order chi connectivity index (χ1) is 20.4. The Labute approximate surface area is 255 Å². The normalized spacial score (nSPS) is 24.5. The van der Waals surface area contributed by atoms with E-state index < -0.39 is 56.7 Å². The molecule has 2 aromatic heterocycles. The van der Waals surface area contributed by atoms with Gasteiger partial charge < -0.3 is 43.4 Å². The fourth-order valence-corrected chi connectivity index (χ4v) is 6.03. The van der Waals surface area contributed by atoms with Gasteiger partial charge in [0.15, 0.2) is 6.23 Å². The van der Waals surface area contributed by atoms with Gasteiger partial charge in [0.25, 0.3) is 0 Å². The summed E-state index contributed by atoms with van der Waals surface area (Å²) < 4.78 is 45.2. The maximum Gasteiger partial charge on any atom is 0.356 e. The zero-order chi connectivity index (χ0) is 31.2. The number of carbonyl (C=O) groups is 1. The number of hydrogen-bond donors (Lipinski definition) is 3. The lowest BCUT2D eigenvalue weighted by molar-refractivity contribution is -0.164. The molecule has 0 radical (unpaired) electrons. The van der Waals surface area contributed by atoms with Gasteiger partial charge in [-0.1, -0.05) is 25.7 Å². The molecule has 5 atom stereocenters. The highest BCUT2D eigenvalue weighted by atomic mass is 35.5. The number of aromatic nitrogens is 3. The highest BCUT2D eigenvalue weighted by molar-refractivity contribution is 7.52. The molecule has 43 heavy (non-hydrogen) atoms. The van der Waals surface area contributed by atoms with E-state index in [0.717, 1.165) is 30.3 Å². The molecular weight excluding hydrogens is 609 g/mol. The van der Waals surface area contributed by atoms with Crippen LogP contribution in [0.2, 0.25) is 5.28 Å². The fourth-order valence-electron chi connectivity index (χ4n) is 5.22. The highest BCUT2D eigenvalue weighted by Crippen LogP contribution is 2.42. The summed E-state index contributed by atoms with van der Waals surface area (Å²) in [6.07, 6.45) is 1.67. The van der Waals surface area contributed by atoms with Gasteiger partial charge in [-0.05, 0) is 43.9 Å². The molecule has 16 heteroatoms. The van der Waals surface area contributed by atoms with E-state index in [1.165, 1.54) is 20.0 Å². The van der Waals surface area contributed by atoms with Crippen LogP contribution >= 0.6 is 19.2 Å². The molecule has 4 rings (SSSR count). The number of nitrogens with zero attached hydrogens (tertiary/aromatic N) is 3. The predicted octanol–water partition coefficient (Wildman–Crippen LogP) is 2.80. The summed E-state index contributed by atoms with van der Waals surface area (Å²) in [5.74, 6) is -0.145. The first-order valence-corrected chi connectivity index (χ1v) is 16.4. The molecule has 1 saturated carbocycles. The molecule has 1 aliphatic carbocycles. The third kappa shape index (κ3) is 8.94. The third-order valence-electron chi connectivity index (χ3n) is 7.62. The van der Waals surface area contributed by atoms with Crippen LogP contribution in [0.4, 0.5) is 0 Å². The molecule has 2 aliphatic rings. The van der Waals surface area contributed by atoms with E-state index in [9.17, 15) is 24.5 Å².